The van der Waals surface area contributed by atoms with E-state index in [1.807, 2.05) is 13.0 Å². The molecule has 6 heteroatoms. The molecule has 0 unspecified atom stereocenters. The van der Waals surface area contributed by atoms with Gasteiger partial charge in [-0.2, -0.15) is 0 Å². The van der Waals surface area contributed by atoms with Gasteiger partial charge in [0, 0.05) is 31.1 Å². The third-order valence-electron chi connectivity index (χ3n) is 2.26. The zero-order valence-corrected chi connectivity index (χ0v) is 9.71. The monoisotopic (exact) mass is 231 g/mol. The van der Waals surface area contributed by atoms with E-state index in [9.17, 15) is 4.79 Å². The van der Waals surface area contributed by atoms with Gasteiger partial charge in [0.25, 0.3) is 5.56 Å². The Bertz CT molecular complexity index is 578. The highest BCUT2D eigenvalue weighted by atomic mass is 16.1. The molecule has 0 radical (unpaired) electrons. The Morgan fingerprint density at radius 1 is 1.41 bits per heavy atom. The average molecular weight is 231 g/mol. The van der Waals surface area contributed by atoms with E-state index in [1.165, 1.54) is 23.2 Å². The molecule has 2 aromatic rings. The van der Waals surface area contributed by atoms with E-state index in [1.54, 1.807) is 7.05 Å². The molecule has 2 rings (SSSR count). The lowest BCUT2D eigenvalue weighted by atomic mass is 10.4. The summed E-state index contributed by atoms with van der Waals surface area (Å²) in [6, 6.07) is 3.25. The van der Waals surface area contributed by atoms with Gasteiger partial charge in [0.05, 0.1) is 12.9 Å². The van der Waals surface area contributed by atoms with Crippen molar-refractivity contribution in [1.29, 1.82) is 0 Å². The number of aryl methyl sites for hydroxylation is 1. The Hall–Kier alpha value is -2.24. The molecule has 2 heterocycles. The van der Waals surface area contributed by atoms with Gasteiger partial charge in [-0.3, -0.25) is 9.36 Å². The summed E-state index contributed by atoms with van der Waals surface area (Å²) >= 11 is 0. The van der Waals surface area contributed by atoms with E-state index in [2.05, 4.69) is 20.3 Å². The van der Waals surface area contributed by atoms with Gasteiger partial charge in [-0.15, -0.1) is 0 Å². The van der Waals surface area contributed by atoms with Crippen molar-refractivity contribution in [3.63, 3.8) is 0 Å². The number of rotatable bonds is 3. The summed E-state index contributed by atoms with van der Waals surface area (Å²) < 4.78 is 1.47. The minimum Gasteiger partial charge on any atom is -0.373 e. The van der Waals surface area contributed by atoms with E-state index in [4.69, 9.17) is 0 Å². The number of hydrogen-bond donors (Lipinski definition) is 1. The fourth-order valence-corrected chi connectivity index (χ4v) is 1.48. The molecule has 6 nitrogen and oxygen atoms in total. The Labute approximate surface area is 98.4 Å². The molecule has 0 aliphatic heterocycles. The number of nitrogens with one attached hydrogen (secondary N) is 1. The minimum atomic E-state index is -0.115. The lowest BCUT2D eigenvalue weighted by Gasteiger charge is -2.06. The first-order chi connectivity index (χ1) is 8.19. The smallest absolute Gasteiger partial charge is 0.253 e. The fraction of sp³-hybridized carbons (Fsp3) is 0.273. The van der Waals surface area contributed by atoms with Crippen LogP contribution >= 0.6 is 0 Å². The average Bonchev–Trinajstić information content (AvgIpc) is 2.31. The van der Waals surface area contributed by atoms with Crippen LogP contribution in [0.5, 0.6) is 0 Å². The summed E-state index contributed by atoms with van der Waals surface area (Å²) in [5, 5.41) is 2.95. The molecule has 0 amide bonds. The van der Waals surface area contributed by atoms with Crippen LogP contribution in [0.2, 0.25) is 0 Å². The zero-order valence-electron chi connectivity index (χ0n) is 9.71. The maximum atomic E-state index is 11.5. The summed E-state index contributed by atoms with van der Waals surface area (Å²) in [4.78, 5) is 24.0. The number of hydrogen-bond acceptors (Lipinski definition) is 5. The molecule has 0 bridgehead atoms. The van der Waals surface area contributed by atoms with Gasteiger partial charge >= 0.3 is 0 Å². The topological polar surface area (TPSA) is 72.7 Å². The summed E-state index contributed by atoms with van der Waals surface area (Å²) in [5.41, 5.74) is 0.743. The molecule has 1 N–H and O–H groups in total. The van der Waals surface area contributed by atoms with E-state index in [0.717, 1.165) is 11.5 Å². The second-order valence-corrected chi connectivity index (χ2v) is 3.61. The molecule has 0 aromatic carbocycles. The van der Waals surface area contributed by atoms with Gasteiger partial charge in [0.2, 0.25) is 0 Å². The van der Waals surface area contributed by atoms with Gasteiger partial charge in [-0.25, -0.2) is 15.0 Å². The maximum absolute atomic E-state index is 11.5. The third-order valence-corrected chi connectivity index (χ3v) is 2.26. The third kappa shape index (κ3) is 2.66. The van der Waals surface area contributed by atoms with Crippen molar-refractivity contribution < 1.29 is 0 Å². The van der Waals surface area contributed by atoms with Gasteiger partial charge in [0.1, 0.15) is 5.82 Å². The van der Waals surface area contributed by atoms with Crippen LogP contribution in [0.15, 0.2) is 29.5 Å². The standard InChI is InChI=1S/C11H13N5O/c1-8-5-9(12-2)15-10(14-8)6-16-7-13-4-3-11(16)17/h3-5,7H,6H2,1-2H3,(H,12,14,15). The molecule has 0 saturated heterocycles. The molecule has 0 fully saturated rings. The van der Waals surface area contributed by atoms with Crippen molar-refractivity contribution in [3.8, 4) is 0 Å². The van der Waals surface area contributed by atoms with Crippen molar-refractivity contribution in [2.75, 3.05) is 12.4 Å². The molecule has 88 valence electrons. The zero-order chi connectivity index (χ0) is 12.3. The first kappa shape index (κ1) is 11.3. The molecular weight excluding hydrogens is 218 g/mol. The molecule has 0 aliphatic rings. The molecule has 0 saturated carbocycles. The van der Waals surface area contributed by atoms with E-state index >= 15 is 0 Å². The van der Waals surface area contributed by atoms with Crippen LogP contribution in [0.25, 0.3) is 0 Å². The van der Waals surface area contributed by atoms with Gasteiger partial charge in [-0.1, -0.05) is 0 Å². The van der Waals surface area contributed by atoms with Crippen molar-refractivity contribution in [3.05, 3.63) is 46.5 Å². The lowest BCUT2D eigenvalue weighted by molar-refractivity contribution is 0.694. The molecular formula is C11H13N5O. The Morgan fingerprint density at radius 2 is 2.24 bits per heavy atom. The van der Waals surface area contributed by atoms with Crippen LogP contribution in [0, 0.1) is 6.92 Å². The molecule has 2 aromatic heterocycles. The Kier molecular flexibility index (Phi) is 3.13. The van der Waals surface area contributed by atoms with E-state index in [0.29, 0.717) is 12.4 Å². The van der Waals surface area contributed by atoms with Crippen LogP contribution < -0.4 is 10.9 Å². The Balaban J connectivity index is 2.33. The summed E-state index contributed by atoms with van der Waals surface area (Å²) in [6.07, 6.45) is 2.95. The minimum absolute atomic E-state index is 0.115. The molecule has 0 atom stereocenters. The van der Waals surface area contributed by atoms with Crippen LogP contribution in [-0.2, 0) is 6.54 Å². The number of anilines is 1. The van der Waals surface area contributed by atoms with E-state index < -0.39 is 0 Å². The van der Waals surface area contributed by atoms with E-state index in [-0.39, 0.29) is 5.56 Å². The number of nitrogens with zero attached hydrogens (tertiary/aromatic N) is 4. The number of aromatic nitrogens is 4. The first-order valence-corrected chi connectivity index (χ1v) is 5.22. The van der Waals surface area contributed by atoms with Crippen molar-refractivity contribution >= 4 is 5.82 Å². The predicted molar refractivity (Wildman–Crippen MR) is 63.9 cm³/mol. The SMILES string of the molecule is CNc1cc(C)nc(Cn2cnccc2=O)n1. The second kappa shape index (κ2) is 4.73. The lowest BCUT2D eigenvalue weighted by Crippen LogP contribution is -2.20. The van der Waals surface area contributed by atoms with Crippen molar-refractivity contribution in [2.24, 2.45) is 0 Å². The van der Waals surface area contributed by atoms with Gasteiger partial charge in [-0.05, 0) is 6.92 Å². The van der Waals surface area contributed by atoms with Crippen LogP contribution in [-0.4, -0.2) is 26.6 Å². The highest BCUT2D eigenvalue weighted by Gasteiger charge is 2.03. The predicted octanol–water partition coefficient (Wildman–Crippen LogP) is 0.432. The first-order valence-electron chi connectivity index (χ1n) is 5.22. The fourth-order valence-electron chi connectivity index (χ4n) is 1.48. The van der Waals surface area contributed by atoms with Crippen LogP contribution in [0.4, 0.5) is 5.82 Å². The van der Waals surface area contributed by atoms with Crippen LogP contribution in [0.1, 0.15) is 11.5 Å². The Morgan fingerprint density at radius 3 is 2.94 bits per heavy atom. The van der Waals surface area contributed by atoms with Crippen LogP contribution in [0.3, 0.4) is 0 Å². The molecule has 17 heavy (non-hydrogen) atoms. The molecule has 0 spiro atoms. The van der Waals surface area contributed by atoms with Crippen molar-refractivity contribution in [2.45, 2.75) is 13.5 Å². The normalized spacial score (nSPS) is 10.2. The van der Waals surface area contributed by atoms with Gasteiger partial charge < -0.3 is 5.32 Å². The summed E-state index contributed by atoms with van der Waals surface area (Å²) in [7, 11) is 1.79. The largest absolute Gasteiger partial charge is 0.373 e. The summed E-state index contributed by atoms with van der Waals surface area (Å²) in [5.74, 6) is 1.33. The highest BCUT2D eigenvalue weighted by molar-refractivity contribution is 5.34. The second-order valence-electron chi connectivity index (χ2n) is 3.61. The summed E-state index contributed by atoms with van der Waals surface area (Å²) in [6.45, 7) is 2.21. The quantitative estimate of drug-likeness (QED) is 0.829. The maximum Gasteiger partial charge on any atom is 0.253 e. The molecule has 0 aliphatic carbocycles. The van der Waals surface area contributed by atoms with Gasteiger partial charge in [0.15, 0.2) is 5.82 Å². The van der Waals surface area contributed by atoms with Crippen molar-refractivity contribution in [1.82, 2.24) is 19.5 Å². The highest BCUT2D eigenvalue weighted by Crippen LogP contribution is 2.05.